The summed E-state index contributed by atoms with van der Waals surface area (Å²) in [6.07, 6.45) is 5.43. The molecular weight excluding hydrogens is 214 g/mol. The third-order valence-corrected chi connectivity index (χ3v) is 3.37. The smallest absolute Gasteiger partial charge is 0.322 e. The molecule has 0 radical (unpaired) electrons. The van der Waals surface area contributed by atoms with Crippen molar-refractivity contribution in [3.63, 3.8) is 0 Å². The van der Waals surface area contributed by atoms with Crippen LogP contribution in [0.15, 0.2) is 18.2 Å². The van der Waals surface area contributed by atoms with Crippen molar-refractivity contribution < 1.29 is 9.53 Å². The Balaban J connectivity index is 2.09. The maximum absolute atomic E-state index is 11.3. The van der Waals surface area contributed by atoms with Gasteiger partial charge in [-0.05, 0) is 48.8 Å². The average Bonchev–Trinajstić information content (AvgIpc) is 2.37. The third-order valence-electron chi connectivity index (χ3n) is 3.37. The predicted molar refractivity (Wildman–Crippen MR) is 66.8 cm³/mol. The Morgan fingerprint density at radius 1 is 1.35 bits per heavy atom. The zero-order valence-electron chi connectivity index (χ0n) is 10.2. The Hall–Kier alpha value is -1.35. The van der Waals surface area contributed by atoms with Gasteiger partial charge in [0.15, 0.2) is 0 Å². The van der Waals surface area contributed by atoms with Crippen molar-refractivity contribution in [3.05, 3.63) is 34.9 Å². The zero-order valence-corrected chi connectivity index (χ0v) is 10.2. The number of fused-ring (bicyclic) bond motifs is 1. The molecule has 0 aliphatic heterocycles. The van der Waals surface area contributed by atoms with Crippen molar-refractivity contribution in [1.82, 2.24) is 0 Å². The number of methoxy groups -OCH3 is 1. The first-order chi connectivity index (χ1) is 8.20. The Morgan fingerprint density at radius 2 is 2.06 bits per heavy atom. The molecular formula is C14H19NO2. The number of ether oxygens (including phenoxy) is 1. The van der Waals surface area contributed by atoms with Crippen molar-refractivity contribution in [2.24, 2.45) is 5.73 Å². The Morgan fingerprint density at radius 3 is 2.76 bits per heavy atom. The summed E-state index contributed by atoms with van der Waals surface area (Å²) in [5.41, 5.74) is 9.76. The van der Waals surface area contributed by atoms with Gasteiger partial charge in [-0.3, -0.25) is 4.79 Å². The van der Waals surface area contributed by atoms with Gasteiger partial charge in [0, 0.05) is 0 Å². The molecule has 0 amide bonds. The number of benzene rings is 1. The van der Waals surface area contributed by atoms with Crippen LogP contribution in [-0.2, 0) is 28.8 Å². The minimum absolute atomic E-state index is 0.345. The van der Waals surface area contributed by atoms with E-state index >= 15 is 0 Å². The molecule has 0 saturated heterocycles. The first-order valence-corrected chi connectivity index (χ1v) is 6.15. The highest BCUT2D eigenvalue weighted by molar-refractivity contribution is 5.75. The molecule has 2 N–H and O–H groups in total. The summed E-state index contributed by atoms with van der Waals surface area (Å²) >= 11 is 0. The predicted octanol–water partition coefficient (Wildman–Crippen LogP) is 1.61. The lowest BCUT2D eigenvalue weighted by Gasteiger charge is -2.17. The second-order valence-electron chi connectivity index (χ2n) is 4.64. The minimum atomic E-state index is -0.554. The van der Waals surface area contributed by atoms with Crippen LogP contribution in [0, 0.1) is 0 Å². The Kier molecular flexibility index (Phi) is 3.79. The lowest BCUT2D eigenvalue weighted by Crippen LogP contribution is -2.33. The lowest BCUT2D eigenvalue weighted by atomic mass is 9.89. The Labute approximate surface area is 102 Å². The summed E-state index contributed by atoms with van der Waals surface area (Å²) in [6, 6.07) is 5.89. The van der Waals surface area contributed by atoms with Crippen molar-refractivity contribution in [2.75, 3.05) is 7.11 Å². The molecule has 0 heterocycles. The van der Waals surface area contributed by atoms with Crippen LogP contribution in [-0.4, -0.2) is 19.1 Å². The second kappa shape index (κ2) is 5.32. The summed E-state index contributed by atoms with van der Waals surface area (Å²) in [4.78, 5) is 11.3. The van der Waals surface area contributed by atoms with Gasteiger partial charge >= 0.3 is 5.97 Å². The van der Waals surface area contributed by atoms with Gasteiger partial charge in [0.2, 0.25) is 0 Å². The fourth-order valence-electron chi connectivity index (χ4n) is 2.40. The third kappa shape index (κ3) is 2.86. The normalized spacial score (nSPS) is 16.1. The summed E-state index contributed by atoms with van der Waals surface area (Å²) in [5, 5.41) is 0. The first kappa shape index (κ1) is 12.1. The number of carbonyl (C=O) groups excluding carboxylic acids is 1. The van der Waals surface area contributed by atoms with Crippen LogP contribution in [0.5, 0.6) is 0 Å². The van der Waals surface area contributed by atoms with Crippen LogP contribution < -0.4 is 5.73 Å². The van der Waals surface area contributed by atoms with Gasteiger partial charge in [-0.15, -0.1) is 0 Å². The van der Waals surface area contributed by atoms with E-state index in [4.69, 9.17) is 5.73 Å². The van der Waals surface area contributed by atoms with Gasteiger partial charge in [-0.25, -0.2) is 0 Å². The fourth-order valence-corrected chi connectivity index (χ4v) is 2.40. The molecule has 2 rings (SSSR count). The van der Waals surface area contributed by atoms with Crippen LogP contribution in [0.1, 0.15) is 29.5 Å². The topological polar surface area (TPSA) is 52.3 Å². The van der Waals surface area contributed by atoms with Crippen molar-refractivity contribution in [1.29, 1.82) is 0 Å². The SMILES string of the molecule is COC(=O)[C@@H](N)Cc1ccc2c(c1)CCCC2. The van der Waals surface area contributed by atoms with Crippen molar-refractivity contribution in [2.45, 2.75) is 38.1 Å². The van der Waals surface area contributed by atoms with E-state index in [9.17, 15) is 4.79 Å². The van der Waals surface area contributed by atoms with Crippen LogP contribution in [0.4, 0.5) is 0 Å². The average molecular weight is 233 g/mol. The van der Waals surface area contributed by atoms with Crippen molar-refractivity contribution in [3.8, 4) is 0 Å². The maximum Gasteiger partial charge on any atom is 0.322 e. The van der Waals surface area contributed by atoms with Crippen LogP contribution in [0.3, 0.4) is 0 Å². The number of esters is 1. The van der Waals surface area contributed by atoms with Crippen LogP contribution >= 0.6 is 0 Å². The molecule has 3 heteroatoms. The molecule has 1 atom stereocenters. The highest BCUT2D eigenvalue weighted by Crippen LogP contribution is 2.22. The van der Waals surface area contributed by atoms with Gasteiger partial charge in [-0.2, -0.15) is 0 Å². The van der Waals surface area contributed by atoms with Crippen LogP contribution in [0.25, 0.3) is 0 Å². The van der Waals surface area contributed by atoms with E-state index in [0.29, 0.717) is 6.42 Å². The molecule has 0 bridgehead atoms. The minimum Gasteiger partial charge on any atom is -0.468 e. The van der Waals surface area contributed by atoms with Gasteiger partial charge in [0.1, 0.15) is 6.04 Å². The van der Waals surface area contributed by atoms with E-state index in [2.05, 4.69) is 22.9 Å². The van der Waals surface area contributed by atoms with Gasteiger partial charge in [0.25, 0.3) is 0 Å². The van der Waals surface area contributed by atoms with Gasteiger partial charge in [0.05, 0.1) is 7.11 Å². The van der Waals surface area contributed by atoms with E-state index in [-0.39, 0.29) is 5.97 Å². The molecule has 0 spiro atoms. The molecule has 1 aromatic rings. The highest BCUT2D eigenvalue weighted by Gasteiger charge is 2.15. The monoisotopic (exact) mass is 233 g/mol. The molecule has 1 aromatic carbocycles. The van der Waals surface area contributed by atoms with E-state index in [1.165, 1.54) is 37.5 Å². The zero-order chi connectivity index (χ0) is 12.3. The number of hydrogen-bond donors (Lipinski definition) is 1. The molecule has 1 aliphatic carbocycles. The summed E-state index contributed by atoms with van der Waals surface area (Å²) in [6.45, 7) is 0. The number of aryl methyl sites for hydroxylation is 2. The quantitative estimate of drug-likeness (QED) is 0.807. The summed E-state index contributed by atoms with van der Waals surface area (Å²) < 4.78 is 4.63. The highest BCUT2D eigenvalue weighted by atomic mass is 16.5. The largest absolute Gasteiger partial charge is 0.468 e. The fraction of sp³-hybridized carbons (Fsp3) is 0.500. The lowest BCUT2D eigenvalue weighted by molar-refractivity contribution is -0.142. The number of rotatable bonds is 3. The first-order valence-electron chi connectivity index (χ1n) is 6.15. The van der Waals surface area contributed by atoms with Gasteiger partial charge < -0.3 is 10.5 Å². The number of nitrogens with two attached hydrogens (primary N) is 1. The standard InChI is InChI=1S/C14H19NO2/c1-17-14(16)13(15)9-10-6-7-11-4-2-3-5-12(11)8-10/h6-8,13H,2-5,9,15H2,1H3/t13-/m0/s1. The van der Waals surface area contributed by atoms with Crippen LogP contribution in [0.2, 0.25) is 0 Å². The van der Waals surface area contributed by atoms with E-state index in [0.717, 1.165) is 12.0 Å². The molecule has 0 fully saturated rings. The molecule has 17 heavy (non-hydrogen) atoms. The molecule has 0 aromatic heterocycles. The maximum atomic E-state index is 11.3. The Bertz CT molecular complexity index is 415. The van der Waals surface area contributed by atoms with Gasteiger partial charge in [-0.1, -0.05) is 18.2 Å². The molecule has 0 unspecified atom stereocenters. The van der Waals surface area contributed by atoms with E-state index in [1.54, 1.807) is 0 Å². The number of hydrogen-bond acceptors (Lipinski definition) is 3. The summed E-state index contributed by atoms with van der Waals surface area (Å²) in [5.74, 6) is -0.345. The number of carbonyl (C=O) groups is 1. The van der Waals surface area contributed by atoms with Crippen molar-refractivity contribution >= 4 is 5.97 Å². The van der Waals surface area contributed by atoms with E-state index in [1.807, 2.05) is 0 Å². The second-order valence-corrected chi connectivity index (χ2v) is 4.64. The molecule has 3 nitrogen and oxygen atoms in total. The molecule has 1 aliphatic rings. The summed E-state index contributed by atoms with van der Waals surface area (Å²) in [7, 11) is 1.37. The molecule has 0 saturated carbocycles. The molecule has 92 valence electrons. The van der Waals surface area contributed by atoms with E-state index < -0.39 is 6.04 Å².